The quantitative estimate of drug-likeness (QED) is 0.0396. The largest absolute Gasteiger partial charge is 0.325 e. The molecule has 6 atom stereocenters. The van der Waals surface area contributed by atoms with Gasteiger partial charge < -0.3 is 57.2 Å². The highest BCUT2D eigenvalue weighted by Gasteiger charge is 2.56. The Kier molecular flexibility index (Phi) is 21.7. The molecule has 18 rings (SSSR count). The standard InChI is InChI=1S/C32H35N5O3.2C31H33N5O3/c1-4-32(5-2)30(40)37(26(19-36(32)3)21-10-7-6-8-11-21)20-27(38)34-24-14-13-22-17-31(18-23(22)16-24)25-12-9-15-33-28(25)35-29(31)39;2*1-3-31(4-2)29(39)36(25(18-33-31)20-9-6-5-7-10-20)19-26(37)34-23-13-12-21-16-30(17-22(21)15-23)24-11-8-14-32-27(24)35-28(30)38/h6-16,26H,4-5,17-20H2,1-3H3,(H,34,38)(H,33,35,39);2*5-15,25,33H,3-4,16-19H2,1-2H3,(H,34,37)(H,32,35,38). The summed E-state index contributed by atoms with van der Waals surface area (Å²) in [5.74, 6) is 0.993. The summed E-state index contributed by atoms with van der Waals surface area (Å²) >= 11 is 0. The number of rotatable bonds is 18. The van der Waals surface area contributed by atoms with Crippen molar-refractivity contribution in [2.45, 2.75) is 170 Å². The molecule has 3 saturated heterocycles. The van der Waals surface area contributed by atoms with Crippen LogP contribution in [0, 0.1) is 0 Å². The zero-order valence-electron chi connectivity index (χ0n) is 67.8. The van der Waals surface area contributed by atoms with E-state index in [1.165, 1.54) is 0 Å². The monoisotopic (exact) mass is 1580 g/mol. The average Bonchev–Trinajstić information content (AvgIpc) is 1.48. The Labute approximate surface area is 687 Å². The second-order valence-electron chi connectivity index (χ2n) is 33.0. The van der Waals surface area contributed by atoms with Crippen molar-refractivity contribution in [1.29, 1.82) is 0 Å². The van der Waals surface area contributed by atoms with E-state index in [1.807, 2.05) is 231 Å². The van der Waals surface area contributed by atoms with Crippen molar-refractivity contribution in [1.82, 2.24) is 45.2 Å². The zero-order valence-corrected chi connectivity index (χ0v) is 67.8. The summed E-state index contributed by atoms with van der Waals surface area (Å²) in [5.41, 5.74) is 10.3. The highest BCUT2D eigenvalue weighted by Crippen LogP contribution is 2.51. The van der Waals surface area contributed by atoms with E-state index in [0.717, 1.165) is 66.8 Å². The van der Waals surface area contributed by atoms with E-state index in [2.05, 4.69) is 62.4 Å². The third-order valence-electron chi connectivity index (χ3n) is 27.0. The number of fused-ring (bicyclic) bond motifs is 9. The van der Waals surface area contributed by atoms with E-state index in [1.54, 1.807) is 33.3 Å². The lowest BCUT2D eigenvalue weighted by atomic mass is 9.79. The van der Waals surface area contributed by atoms with Gasteiger partial charge in [-0.25, -0.2) is 15.0 Å². The number of aromatic nitrogens is 3. The van der Waals surface area contributed by atoms with Crippen LogP contribution >= 0.6 is 0 Å². The van der Waals surface area contributed by atoms with Crippen LogP contribution in [0.3, 0.4) is 0 Å². The Morgan fingerprint density at radius 1 is 0.373 bits per heavy atom. The van der Waals surface area contributed by atoms with E-state index in [9.17, 15) is 43.2 Å². The molecule has 0 saturated carbocycles. The van der Waals surface area contributed by atoms with Crippen LogP contribution < -0.4 is 42.5 Å². The third kappa shape index (κ3) is 14.0. The first-order valence-electron chi connectivity index (χ1n) is 41.4. The number of hydrogen-bond donors (Lipinski definition) is 8. The molecule has 24 heteroatoms. The summed E-state index contributed by atoms with van der Waals surface area (Å²) in [5, 5.41) is 24.8. The van der Waals surface area contributed by atoms with Gasteiger partial charge in [0.2, 0.25) is 53.2 Å². The lowest BCUT2D eigenvalue weighted by molar-refractivity contribution is -0.158. The molecule has 3 spiro atoms. The molecule has 3 aliphatic carbocycles. The molecular formula is C94H101N15O9. The Bertz CT molecular complexity index is 5220. The van der Waals surface area contributed by atoms with Crippen molar-refractivity contribution in [2.75, 3.05) is 78.2 Å². The highest BCUT2D eigenvalue weighted by molar-refractivity contribution is 6.09. The normalized spacial score (nSPS) is 23.0. The van der Waals surface area contributed by atoms with Gasteiger partial charge >= 0.3 is 0 Å². The van der Waals surface area contributed by atoms with Crippen molar-refractivity contribution in [3.05, 3.63) is 267 Å². The maximum absolute atomic E-state index is 14.0. The lowest BCUT2D eigenvalue weighted by Gasteiger charge is -2.51. The Morgan fingerprint density at radius 3 is 0.992 bits per heavy atom. The highest BCUT2D eigenvalue weighted by atomic mass is 16.2. The molecule has 118 heavy (non-hydrogen) atoms. The van der Waals surface area contributed by atoms with Crippen LogP contribution in [0.2, 0.25) is 0 Å². The predicted molar refractivity (Wildman–Crippen MR) is 452 cm³/mol. The SMILES string of the molecule is CCC1(CC)C(=O)N(CC(=O)Nc2ccc3c(c2)CC2(C3)C(=O)Nc3ncccc32)C(c2ccccc2)CN1C.CCC1(CC)NCC(c2ccccc2)N(CC(=O)Nc2ccc3c(c2)CC2(C3)C(=O)Nc3ncccc32)C1=O.CCC1(CC)NCC(c2ccccc2)N(CC(=O)Nc2ccc3c(c2)CC2(C3)C(=O)Nc3ncccc32)C1=O. The van der Waals surface area contributed by atoms with Crippen LogP contribution in [0.5, 0.6) is 0 Å². The minimum Gasteiger partial charge on any atom is -0.325 e. The maximum Gasteiger partial charge on any atom is 0.244 e. The number of nitrogens with zero attached hydrogens (tertiary/aromatic N) is 7. The molecule has 9 heterocycles. The molecular weight excluding hydrogens is 1480 g/mol. The van der Waals surface area contributed by atoms with Crippen molar-refractivity contribution < 1.29 is 43.2 Å². The molecule has 24 nitrogen and oxygen atoms in total. The lowest BCUT2D eigenvalue weighted by Crippen LogP contribution is -2.65. The molecule has 3 fully saturated rings. The van der Waals surface area contributed by atoms with Gasteiger partial charge in [-0.2, -0.15) is 0 Å². The number of carbonyl (C=O) groups excluding carboxylic acids is 9. The smallest absolute Gasteiger partial charge is 0.244 e. The molecule has 9 aliphatic rings. The van der Waals surface area contributed by atoms with Gasteiger partial charge in [-0.05, 0) is 189 Å². The Morgan fingerprint density at radius 2 is 0.678 bits per heavy atom. The Hall–Kier alpha value is -12.1. The van der Waals surface area contributed by atoms with Crippen molar-refractivity contribution in [3.63, 3.8) is 0 Å². The average molecular weight is 1580 g/mol. The molecule has 6 aliphatic heterocycles. The molecule has 8 N–H and O–H groups in total. The molecule has 6 aromatic carbocycles. The van der Waals surface area contributed by atoms with Crippen molar-refractivity contribution in [3.8, 4) is 0 Å². The Balaban J connectivity index is 0.000000132. The number of likely N-dealkylation sites (N-methyl/N-ethyl adjacent to an activating group) is 1. The summed E-state index contributed by atoms with van der Waals surface area (Å²) in [6, 6.07) is 57.9. The van der Waals surface area contributed by atoms with E-state index in [4.69, 9.17) is 0 Å². The second-order valence-corrected chi connectivity index (χ2v) is 33.0. The van der Waals surface area contributed by atoms with Gasteiger partial charge in [0.05, 0.1) is 51.0 Å². The van der Waals surface area contributed by atoms with E-state index in [0.29, 0.717) is 131 Å². The minimum absolute atomic E-state index is 0.00864. The van der Waals surface area contributed by atoms with Gasteiger partial charge in [-0.3, -0.25) is 48.1 Å². The fourth-order valence-electron chi connectivity index (χ4n) is 20.1. The van der Waals surface area contributed by atoms with Crippen molar-refractivity contribution >= 4 is 87.7 Å². The number of piperazine rings is 3. The zero-order chi connectivity index (χ0) is 82.5. The van der Waals surface area contributed by atoms with Gasteiger partial charge in [-0.15, -0.1) is 0 Å². The van der Waals surface area contributed by atoms with E-state index < -0.39 is 32.9 Å². The molecule has 9 aromatic rings. The first-order valence-corrected chi connectivity index (χ1v) is 41.4. The number of nitrogens with one attached hydrogen (secondary N) is 8. The minimum atomic E-state index is -0.666. The molecule has 6 unspecified atom stereocenters. The van der Waals surface area contributed by atoms with Crippen LogP contribution in [0.4, 0.5) is 34.5 Å². The fraction of sp³-hybridized carbons (Fsp3) is 0.362. The van der Waals surface area contributed by atoms with Crippen LogP contribution in [-0.4, -0.2) is 151 Å². The molecule has 0 radical (unpaired) electrons. The molecule has 9 amide bonds. The van der Waals surface area contributed by atoms with Crippen molar-refractivity contribution in [2.24, 2.45) is 0 Å². The third-order valence-corrected chi connectivity index (χ3v) is 27.0. The topological polar surface area (TPSA) is 301 Å². The fourth-order valence-corrected chi connectivity index (χ4v) is 20.1. The van der Waals surface area contributed by atoms with Crippen LogP contribution in [-0.2, 0) is 97.9 Å². The van der Waals surface area contributed by atoms with Crippen LogP contribution in [0.25, 0.3) is 0 Å². The number of anilines is 6. The molecule has 606 valence electrons. The second kappa shape index (κ2) is 32.1. The summed E-state index contributed by atoms with van der Waals surface area (Å²) in [7, 11) is 2.01. The predicted octanol–water partition coefficient (Wildman–Crippen LogP) is 11.6. The van der Waals surface area contributed by atoms with Gasteiger partial charge in [0, 0.05) is 72.0 Å². The van der Waals surface area contributed by atoms with E-state index in [-0.39, 0.29) is 90.9 Å². The summed E-state index contributed by atoms with van der Waals surface area (Å²) in [4.78, 5) is 141. The number of benzene rings is 6. The van der Waals surface area contributed by atoms with Gasteiger partial charge in [0.25, 0.3) is 0 Å². The number of hydrogen-bond acceptors (Lipinski definition) is 15. The number of carbonyl (C=O) groups is 9. The van der Waals surface area contributed by atoms with Crippen LogP contribution in [0.15, 0.2) is 201 Å². The maximum atomic E-state index is 14.0. The first-order chi connectivity index (χ1) is 57.1. The van der Waals surface area contributed by atoms with E-state index >= 15 is 0 Å². The van der Waals surface area contributed by atoms with Gasteiger partial charge in [0.15, 0.2) is 0 Å². The van der Waals surface area contributed by atoms with Crippen LogP contribution in [0.1, 0.15) is 165 Å². The number of pyridine rings is 3. The van der Waals surface area contributed by atoms with Gasteiger partial charge in [-0.1, -0.05) is 169 Å². The molecule has 3 aromatic heterocycles. The first kappa shape index (κ1) is 79.7. The molecule has 0 bridgehead atoms. The summed E-state index contributed by atoms with van der Waals surface area (Å²) < 4.78 is 0. The van der Waals surface area contributed by atoms with Gasteiger partial charge in [0.1, 0.15) is 37.1 Å². The summed E-state index contributed by atoms with van der Waals surface area (Å²) in [6.07, 6.45) is 12.5. The number of amides is 9. The summed E-state index contributed by atoms with van der Waals surface area (Å²) in [6.45, 7) is 13.8.